The number of piperidine rings is 1. The molecule has 5 nitrogen and oxygen atoms in total. The zero-order chi connectivity index (χ0) is 21.3. The fourth-order valence-electron chi connectivity index (χ4n) is 4.09. The second-order valence-electron chi connectivity index (χ2n) is 8.04. The first kappa shape index (κ1) is 19.9. The molecule has 4 rings (SSSR count). The molecule has 0 saturated carbocycles. The quantitative estimate of drug-likeness (QED) is 0.728. The van der Waals surface area contributed by atoms with Gasteiger partial charge in [0, 0.05) is 31.7 Å². The lowest BCUT2D eigenvalue weighted by atomic mass is 9.96. The van der Waals surface area contributed by atoms with Crippen LogP contribution >= 0.6 is 0 Å². The van der Waals surface area contributed by atoms with Crippen molar-refractivity contribution in [1.29, 1.82) is 5.26 Å². The van der Waals surface area contributed by atoms with Gasteiger partial charge in [0.15, 0.2) is 0 Å². The van der Waals surface area contributed by atoms with Crippen LogP contribution in [0.4, 0.5) is 5.69 Å². The molecule has 0 spiro atoms. The van der Waals surface area contributed by atoms with Crippen LogP contribution in [0.15, 0.2) is 59.4 Å². The van der Waals surface area contributed by atoms with E-state index in [0.29, 0.717) is 11.3 Å². The van der Waals surface area contributed by atoms with Crippen molar-refractivity contribution in [2.45, 2.75) is 25.8 Å². The number of nitrogens with zero attached hydrogens (tertiary/aromatic N) is 3. The van der Waals surface area contributed by atoms with Gasteiger partial charge in [-0.2, -0.15) is 5.26 Å². The van der Waals surface area contributed by atoms with Crippen molar-refractivity contribution in [3.8, 4) is 28.5 Å². The molecule has 0 aliphatic carbocycles. The predicted octanol–water partition coefficient (Wildman–Crippen LogP) is 3.83. The van der Waals surface area contributed by atoms with Crippen LogP contribution in [0.1, 0.15) is 24.0 Å². The Labute approximate surface area is 177 Å². The number of hydrogen-bond acceptors (Lipinski definition) is 4. The molecule has 0 bridgehead atoms. The van der Waals surface area contributed by atoms with Gasteiger partial charge in [-0.25, -0.2) is 0 Å². The first-order chi connectivity index (χ1) is 14.5. The molecule has 152 valence electrons. The molecule has 1 aliphatic heterocycles. The highest BCUT2D eigenvalue weighted by molar-refractivity contribution is 5.83. The fourth-order valence-corrected chi connectivity index (χ4v) is 4.09. The maximum absolute atomic E-state index is 13.3. The number of anilines is 1. The summed E-state index contributed by atoms with van der Waals surface area (Å²) in [5.41, 5.74) is 12.4. The first-order valence-corrected chi connectivity index (χ1v) is 10.3. The number of benzene rings is 2. The average molecular weight is 399 g/mol. The third-order valence-corrected chi connectivity index (χ3v) is 5.93. The molecule has 0 unspecified atom stereocenters. The highest BCUT2D eigenvalue weighted by Gasteiger charge is 2.22. The molecule has 0 radical (unpaired) electrons. The van der Waals surface area contributed by atoms with Gasteiger partial charge in [-0.1, -0.05) is 42.0 Å². The summed E-state index contributed by atoms with van der Waals surface area (Å²) in [6.07, 6.45) is 1.77. The molecule has 30 heavy (non-hydrogen) atoms. The van der Waals surface area contributed by atoms with Crippen molar-refractivity contribution in [1.82, 2.24) is 4.57 Å². The van der Waals surface area contributed by atoms with Gasteiger partial charge in [0.25, 0.3) is 5.56 Å². The van der Waals surface area contributed by atoms with Crippen molar-refractivity contribution in [3.63, 3.8) is 0 Å². The van der Waals surface area contributed by atoms with Gasteiger partial charge in [0.2, 0.25) is 0 Å². The summed E-state index contributed by atoms with van der Waals surface area (Å²) in [4.78, 5) is 15.5. The molecule has 2 N–H and O–H groups in total. The van der Waals surface area contributed by atoms with E-state index in [-0.39, 0.29) is 11.6 Å². The number of pyridine rings is 1. The largest absolute Gasteiger partial charge is 0.367 e. The van der Waals surface area contributed by atoms with Crippen molar-refractivity contribution >= 4 is 5.69 Å². The van der Waals surface area contributed by atoms with Crippen molar-refractivity contribution in [3.05, 3.63) is 76.1 Å². The zero-order valence-corrected chi connectivity index (χ0v) is 17.4. The fraction of sp³-hybridized carbons (Fsp3) is 0.280. The lowest BCUT2D eigenvalue weighted by molar-refractivity contribution is 0.499. The molecule has 2 heterocycles. The molecule has 0 amide bonds. The second kappa shape index (κ2) is 8.17. The maximum atomic E-state index is 13.3. The summed E-state index contributed by atoms with van der Waals surface area (Å²) in [7, 11) is 1.84. The monoisotopic (exact) mass is 398 g/mol. The van der Waals surface area contributed by atoms with Crippen LogP contribution in [0.3, 0.4) is 0 Å². The number of rotatable bonds is 3. The van der Waals surface area contributed by atoms with Crippen LogP contribution in [0.2, 0.25) is 0 Å². The lowest BCUT2D eigenvalue weighted by Gasteiger charge is -2.32. The minimum atomic E-state index is -0.00144. The van der Waals surface area contributed by atoms with Gasteiger partial charge in [-0.15, -0.1) is 0 Å². The van der Waals surface area contributed by atoms with Crippen LogP contribution in [0.25, 0.3) is 22.4 Å². The zero-order valence-electron chi connectivity index (χ0n) is 17.4. The van der Waals surface area contributed by atoms with Gasteiger partial charge in [-0.05, 0) is 49.1 Å². The van der Waals surface area contributed by atoms with E-state index < -0.39 is 0 Å². The molecule has 1 fully saturated rings. The molecule has 2 aromatic carbocycles. The van der Waals surface area contributed by atoms with Crippen LogP contribution in [-0.4, -0.2) is 23.7 Å². The van der Waals surface area contributed by atoms with E-state index in [1.807, 2.05) is 37.4 Å². The Morgan fingerprint density at radius 2 is 1.60 bits per heavy atom. The average Bonchev–Trinajstić information content (AvgIpc) is 2.77. The van der Waals surface area contributed by atoms with Crippen molar-refractivity contribution in [2.24, 2.45) is 12.8 Å². The summed E-state index contributed by atoms with van der Waals surface area (Å²) >= 11 is 0. The summed E-state index contributed by atoms with van der Waals surface area (Å²) in [6.45, 7) is 3.62. The summed E-state index contributed by atoms with van der Waals surface area (Å²) in [5.74, 6) is 0. The molecule has 1 aromatic heterocycles. The highest BCUT2D eigenvalue weighted by Crippen LogP contribution is 2.34. The van der Waals surface area contributed by atoms with E-state index in [0.717, 1.165) is 48.3 Å². The molecule has 1 saturated heterocycles. The number of nitriles is 1. The molecule has 5 heteroatoms. The van der Waals surface area contributed by atoms with E-state index in [2.05, 4.69) is 42.2 Å². The smallest absolute Gasteiger partial charge is 0.274 e. The van der Waals surface area contributed by atoms with Crippen LogP contribution in [0, 0.1) is 18.3 Å². The van der Waals surface area contributed by atoms with Crippen LogP contribution in [-0.2, 0) is 7.05 Å². The summed E-state index contributed by atoms with van der Waals surface area (Å²) in [5, 5.41) is 9.16. The maximum Gasteiger partial charge on any atom is 0.274 e. The molecule has 3 aromatic rings. The standard InChI is InChI=1S/C25H26N4O/c1-17-3-7-20(8-4-17)24-22(19-9-5-18(16-26)6-10-19)15-23(25(30)28(24)2)29-13-11-21(27)12-14-29/h3-10,15,21H,11-14,27H2,1-2H3. The van der Waals surface area contributed by atoms with E-state index >= 15 is 0 Å². The van der Waals surface area contributed by atoms with Crippen LogP contribution < -0.4 is 16.2 Å². The SMILES string of the molecule is Cc1ccc(-c2c(-c3ccc(C#N)cc3)cc(N3CCC(N)CC3)c(=O)n2C)cc1. The number of nitrogens with two attached hydrogens (primary N) is 1. The Morgan fingerprint density at radius 1 is 1.00 bits per heavy atom. The van der Waals surface area contributed by atoms with Gasteiger partial charge in [-0.3, -0.25) is 4.79 Å². The highest BCUT2D eigenvalue weighted by atomic mass is 16.1. The van der Waals surface area contributed by atoms with E-state index in [9.17, 15) is 4.79 Å². The lowest BCUT2D eigenvalue weighted by Crippen LogP contribution is -2.42. The number of aromatic nitrogens is 1. The summed E-state index contributed by atoms with van der Waals surface area (Å²) < 4.78 is 1.75. The Kier molecular flexibility index (Phi) is 5.43. The van der Waals surface area contributed by atoms with Gasteiger partial charge in [0.1, 0.15) is 5.69 Å². The summed E-state index contributed by atoms with van der Waals surface area (Å²) in [6, 6.07) is 20.1. The Morgan fingerprint density at radius 3 is 2.20 bits per heavy atom. The first-order valence-electron chi connectivity index (χ1n) is 10.3. The van der Waals surface area contributed by atoms with E-state index in [1.165, 1.54) is 5.56 Å². The number of aryl methyl sites for hydroxylation is 1. The second-order valence-corrected chi connectivity index (χ2v) is 8.04. The molecule has 1 aliphatic rings. The van der Waals surface area contributed by atoms with Crippen molar-refractivity contribution < 1.29 is 0 Å². The molecular formula is C25H26N4O. The minimum Gasteiger partial charge on any atom is -0.367 e. The van der Waals surface area contributed by atoms with Gasteiger partial charge < -0.3 is 15.2 Å². The Balaban J connectivity index is 1.92. The Bertz CT molecular complexity index is 1150. The number of hydrogen-bond donors (Lipinski definition) is 1. The van der Waals surface area contributed by atoms with Gasteiger partial charge in [0.05, 0.1) is 17.3 Å². The third kappa shape index (κ3) is 3.74. The molecular weight excluding hydrogens is 372 g/mol. The van der Waals surface area contributed by atoms with Gasteiger partial charge >= 0.3 is 0 Å². The predicted molar refractivity (Wildman–Crippen MR) is 121 cm³/mol. The van der Waals surface area contributed by atoms with Crippen LogP contribution in [0.5, 0.6) is 0 Å². The van der Waals surface area contributed by atoms with E-state index in [1.54, 1.807) is 4.57 Å². The van der Waals surface area contributed by atoms with E-state index in [4.69, 9.17) is 11.0 Å². The minimum absolute atomic E-state index is 0.00144. The normalized spacial score (nSPS) is 14.5. The third-order valence-electron chi connectivity index (χ3n) is 5.93. The Hall–Kier alpha value is -3.36. The van der Waals surface area contributed by atoms with Crippen molar-refractivity contribution in [2.75, 3.05) is 18.0 Å². The topological polar surface area (TPSA) is 75.1 Å². The molecule has 0 atom stereocenters.